The molecule has 0 saturated heterocycles. The summed E-state index contributed by atoms with van der Waals surface area (Å²) in [6, 6.07) is 4.09. The fraction of sp³-hybridized carbons (Fsp3) is 0.333. The average molecular weight is 243 g/mol. The number of hydrogen-bond acceptors (Lipinski definition) is 1. The van der Waals surface area contributed by atoms with Crippen LogP contribution in [0, 0.1) is 6.92 Å². The Morgan fingerprint density at radius 3 is 2.53 bits per heavy atom. The maximum absolute atomic E-state index is 12.8. The fourth-order valence-electron chi connectivity index (χ4n) is 1.34. The van der Waals surface area contributed by atoms with Gasteiger partial charge in [0.2, 0.25) is 0 Å². The molecule has 0 spiro atoms. The van der Waals surface area contributed by atoms with Crippen LogP contribution >= 0.6 is 0 Å². The van der Waals surface area contributed by atoms with Crippen molar-refractivity contribution < 1.29 is 17.7 Å². The van der Waals surface area contributed by atoms with Crippen LogP contribution in [0.1, 0.15) is 18.9 Å². The minimum absolute atomic E-state index is 0.113. The van der Waals surface area contributed by atoms with Crippen molar-refractivity contribution in [1.29, 1.82) is 0 Å². The molecule has 1 aromatic rings. The molecule has 0 radical (unpaired) electrons. The van der Waals surface area contributed by atoms with E-state index in [9.17, 15) is 12.9 Å². The van der Waals surface area contributed by atoms with Crippen LogP contribution < -0.4 is 10.2 Å². The Labute approximate surface area is 99.3 Å². The molecule has 1 rings (SSSR count). The minimum Gasteiger partial charge on any atom is -0.492 e. The Balaban J connectivity index is 2.95. The van der Waals surface area contributed by atoms with Crippen LogP contribution in [0.15, 0.2) is 30.4 Å². The third-order valence-corrected chi connectivity index (χ3v) is 2.45. The molecule has 0 atom stereocenters. The lowest BCUT2D eigenvalue weighted by Gasteiger charge is -2.20. The zero-order valence-electron chi connectivity index (χ0n) is 9.97. The molecule has 5 heteroatoms. The average Bonchev–Trinajstić information content (AvgIpc) is 2.25. The second kappa shape index (κ2) is 5.30. The van der Waals surface area contributed by atoms with Crippen LogP contribution in [-0.4, -0.2) is 13.6 Å². The number of aryl methyl sites for hydroxylation is 1. The lowest BCUT2D eigenvalue weighted by atomic mass is 9.78. The van der Waals surface area contributed by atoms with Gasteiger partial charge >= 0.3 is 6.98 Å². The molecular formula is C12H15BF3O-. The van der Waals surface area contributed by atoms with Crippen molar-refractivity contribution in [2.75, 3.05) is 6.61 Å². The summed E-state index contributed by atoms with van der Waals surface area (Å²) >= 11 is 0. The predicted molar refractivity (Wildman–Crippen MR) is 64.8 cm³/mol. The zero-order chi connectivity index (χ0) is 13.1. The number of halogens is 3. The Kier molecular flexibility index (Phi) is 4.26. The normalized spacial score (nSPS) is 11.4. The highest BCUT2D eigenvalue weighted by Gasteiger charge is 2.29. The Hall–Kier alpha value is -1.39. The van der Waals surface area contributed by atoms with Gasteiger partial charge < -0.3 is 17.7 Å². The molecule has 17 heavy (non-hydrogen) atoms. The van der Waals surface area contributed by atoms with Gasteiger partial charge in [0.25, 0.3) is 0 Å². The molecular weight excluding hydrogens is 228 g/mol. The Morgan fingerprint density at radius 2 is 2.00 bits per heavy atom. The molecule has 1 aromatic carbocycles. The highest BCUT2D eigenvalue weighted by molar-refractivity contribution is 6.74. The highest BCUT2D eigenvalue weighted by atomic mass is 19.4. The summed E-state index contributed by atoms with van der Waals surface area (Å²) in [4.78, 5) is 0. The SMILES string of the molecule is C=C(CC)COc1ccc(C)cc1[B-](F)(F)F. The van der Waals surface area contributed by atoms with Crippen molar-refractivity contribution >= 4 is 12.4 Å². The smallest absolute Gasteiger partial charge is 0.492 e. The Morgan fingerprint density at radius 1 is 1.35 bits per heavy atom. The van der Waals surface area contributed by atoms with Gasteiger partial charge in [-0.3, -0.25) is 0 Å². The van der Waals surface area contributed by atoms with E-state index in [-0.39, 0.29) is 12.4 Å². The number of hydrogen-bond donors (Lipinski definition) is 0. The summed E-state index contributed by atoms with van der Waals surface area (Å²) in [5, 5.41) is 0. The third-order valence-electron chi connectivity index (χ3n) is 2.45. The molecule has 0 N–H and O–H groups in total. The van der Waals surface area contributed by atoms with Gasteiger partial charge in [-0.2, -0.15) is 0 Å². The molecule has 0 heterocycles. The molecule has 94 valence electrons. The second-order valence-corrected chi connectivity index (χ2v) is 4.01. The van der Waals surface area contributed by atoms with Crippen LogP contribution in [0.2, 0.25) is 0 Å². The first kappa shape index (κ1) is 13.7. The van der Waals surface area contributed by atoms with Gasteiger partial charge in [0.15, 0.2) is 0 Å². The van der Waals surface area contributed by atoms with Gasteiger partial charge in [-0.05, 0) is 25.0 Å². The van der Waals surface area contributed by atoms with E-state index in [2.05, 4.69) is 6.58 Å². The molecule has 0 aliphatic carbocycles. The maximum Gasteiger partial charge on any atom is 0.513 e. The molecule has 0 aliphatic rings. The maximum atomic E-state index is 12.8. The largest absolute Gasteiger partial charge is 0.513 e. The quantitative estimate of drug-likeness (QED) is 0.568. The second-order valence-electron chi connectivity index (χ2n) is 4.01. The van der Waals surface area contributed by atoms with Gasteiger partial charge in [-0.1, -0.05) is 36.7 Å². The molecule has 0 aromatic heterocycles. The van der Waals surface area contributed by atoms with Gasteiger partial charge in [-0.25, -0.2) is 0 Å². The molecule has 1 nitrogen and oxygen atoms in total. The van der Waals surface area contributed by atoms with E-state index in [1.165, 1.54) is 6.07 Å². The first-order valence-corrected chi connectivity index (χ1v) is 5.44. The van der Waals surface area contributed by atoms with E-state index < -0.39 is 12.4 Å². The fourth-order valence-corrected chi connectivity index (χ4v) is 1.34. The van der Waals surface area contributed by atoms with Crippen LogP contribution in [0.3, 0.4) is 0 Å². The van der Waals surface area contributed by atoms with Crippen LogP contribution in [0.4, 0.5) is 12.9 Å². The standard InChI is InChI=1S/C12H15BF3O/c1-4-9(2)8-17-12-6-5-10(3)7-11(12)13(14,15)16/h5-7H,2,4,8H2,1,3H3/q-1. The van der Waals surface area contributed by atoms with Gasteiger partial charge in [0.1, 0.15) is 6.61 Å². The molecule has 0 fully saturated rings. The molecule has 0 unspecified atom stereocenters. The van der Waals surface area contributed by atoms with E-state index in [0.717, 1.165) is 11.6 Å². The first-order chi connectivity index (χ1) is 7.84. The van der Waals surface area contributed by atoms with E-state index in [1.807, 2.05) is 6.92 Å². The topological polar surface area (TPSA) is 9.23 Å². The Bertz CT molecular complexity index is 413. The number of ether oxygens (including phenoxy) is 1. The van der Waals surface area contributed by atoms with Gasteiger partial charge in [-0.15, -0.1) is 0 Å². The highest BCUT2D eigenvalue weighted by Crippen LogP contribution is 2.19. The summed E-state index contributed by atoms with van der Waals surface area (Å²) in [6.45, 7) is 2.28. The summed E-state index contributed by atoms with van der Waals surface area (Å²) in [7, 11) is 0. The van der Waals surface area contributed by atoms with E-state index in [1.54, 1.807) is 13.0 Å². The first-order valence-electron chi connectivity index (χ1n) is 5.44. The van der Waals surface area contributed by atoms with Crippen molar-refractivity contribution in [3.63, 3.8) is 0 Å². The minimum atomic E-state index is -5.05. The third kappa shape index (κ3) is 3.84. The molecule has 0 bridgehead atoms. The summed E-state index contributed by atoms with van der Waals surface area (Å²) in [6.07, 6.45) is 0.693. The van der Waals surface area contributed by atoms with Crippen molar-refractivity contribution in [1.82, 2.24) is 0 Å². The summed E-state index contributed by atoms with van der Waals surface area (Å²) in [5.74, 6) is -0.113. The van der Waals surface area contributed by atoms with Crippen LogP contribution in [-0.2, 0) is 0 Å². The number of benzene rings is 1. The zero-order valence-corrected chi connectivity index (χ0v) is 9.97. The van der Waals surface area contributed by atoms with Gasteiger partial charge in [0, 0.05) is 0 Å². The van der Waals surface area contributed by atoms with Crippen LogP contribution in [0.5, 0.6) is 5.75 Å². The molecule has 0 aliphatic heterocycles. The van der Waals surface area contributed by atoms with E-state index >= 15 is 0 Å². The van der Waals surface area contributed by atoms with Crippen molar-refractivity contribution in [2.45, 2.75) is 20.3 Å². The number of rotatable bonds is 5. The summed E-state index contributed by atoms with van der Waals surface area (Å²) < 4.78 is 43.6. The lowest BCUT2D eigenvalue weighted by molar-refractivity contribution is 0.349. The van der Waals surface area contributed by atoms with E-state index in [4.69, 9.17) is 4.74 Å². The predicted octanol–water partition coefficient (Wildman–Crippen LogP) is 3.39. The van der Waals surface area contributed by atoms with Crippen molar-refractivity contribution in [2.24, 2.45) is 0 Å². The van der Waals surface area contributed by atoms with E-state index in [0.29, 0.717) is 12.0 Å². The summed E-state index contributed by atoms with van der Waals surface area (Å²) in [5.41, 5.74) is 0.668. The molecule has 0 saturated carbocycles. The van der Waals surface area contributed by atoms with Crippen molar-refractivity contribution in [3.8, 4) is 5.75 Å². The van der Waals surface area contributed by atoms with Crippen LogP contribution in [0.25, 0.3) is 0 Å². The van der Waals surface area contributed by atoms with Gasteiger partial charge in [0.05, 0.1) is 5.75 Å². The monoisotopic (exact) mass is 243 g/mol. The lowest BCUT2D eigenvalue weighted by Crippen LogP contribution is -2.35. The van der Waals surface area contributed by atoms with Crippen molar-refractivity contribution in [3.05, 3.63) is 35.9 Å². The molecule has 0 amide bonds.